The fourth-order valence-corrected chi connectivity index (χ4v) is 1.26. The first-order valence-electron chi connectivity index (χ1n) is 4.88. The second-order valence-corrected chi connectivity index (χ2v) is 4.32. The number of hydrogen-bond acceptors (Lipinski definition) is 1. The van der Waals surface area contributed by atoms with E-state index in [1.165, 1.54) is 12.1 Å². The Morgan fingerprint density at radius 1 is 1.43 bits per heavy atom. The molecule has 1 nitrogen and oxygen atoms in total. The Balaban J connectivity index is 2.78. The molecular weight excluding hydrogens is 179 g/mol. The maximum atomic E-state index is 12.9. The highest BCUT2D eigenvalue weighted by atomic mass is 19.1. The van der Waals surface area contributed by atoms with E-state index in [1.807, 2.05) is 19.9 Å². The van der Waals surface area contributed by atoms with Crippen LogP contribution >= 0.6 is 0 Å². The Bertz CT molecular complexity index is 305. The summed E-state index contributed by atoms with van der Waals surface area (Å²) in [6, 6.07) is 6.38. The molecule has 0 fully saturated rings. The third-order valence-corrected chi connectivity index (χ3v) is 2.69. The minimum Gasteiger partial charge on any atom is -0.390 e. The number of aliphatic hydroxyl groups is 1. The Hall–Kier alpha value is -0.890. The maximum absolute atomic E-state index is 12.9. The SMILES string of the molecule is CC(C)C(C)(O)Cc1cccc(F)c1. The van der Waals surface area contributed by atoms with E-state index < -0.39 is 5.60 Å². The van der Waals surface area contributed by atoms with Crippen molar-refractivity contribution in [3.63, 3.8) is 0 Å². The lowest BCUT2D eigenvalue weighted by Crippen LogP contribution is -2.33. The van der Waals surface area contributed by atoms with Gasteiger partial charge in [-0.3, -0.25) is 0 Å². The molecule has 1 aromatic rings. The molecule has 0 aromatic heterocycles. The molecule has 0 saturated heterocycles. The van der Waals surface area contributed by atoms with Crippen molar-refractivity contribution in [3.8, 4) is 0 Å². The standard InChI is InChI=1S/C12H17FO/c1-9(2)12(3,14)8-10-5-4-6-11(13)7-10/h4-7,9,14H,8H2,1-3H3. The first-order valence-corrected chi connectivity index (χ1v) is 4.88. The molecule has 0 aliphatic carbocycles. The van der Waals surface area contributed by atoms with Gasteiger partial charge in [0.2, 0.25) is 0 Å². The number of rotatable bonds is 3. The van der Waals surface area contributed by atoms with Crippen molar-refractivity contribution in [1.29, 1.82) is 0 Å². The summed E-state index contributed by atoms with van der Waals surface area (Å²) in [5, 5.41) is 10.0. The van der Waals surface area contributed by atoms with E-state index in [0.29, 0.717) is 6.42 Å². The Kier molecular flexibility index (Phi) is 3.27. The molecule has 1 atom stereocenters. The zero-order chi connectivity index (χ0) is 10.8. The van der Waals surface area contributed by atoms with Crippen LogP contribution in [-0.2, 0) is 6.42 Å². The van der Waals surface area contributed by atoms with Gasteiger partial charge in [0, 0.05) is 6.42 Å². The van der Waals surface area contributed by atoms with Gasteiger partial charge in [-0.2, -0.15) is 0 Å². The largest absolute Gasteiger partial charge is 0.390 e. The van der Waals surface area contributed by atoms with Gasteiger partial charge in [-0.25, -0.2) is 4.39 Å². The van der Waals surface area contributed by atoms with Gasteiger partial charge >= 0.3 is 0 Å². The predicted octanol–water partition coefficient (Wildman–Crippen LogP) is 2.78. The molecule has 78 valence electrons. The van der Waals surface area contributed by atoms with Gasteiger partial charge in [0.15, 0.2) is 0 Å². The van der Waals surface area contributed by atoms with Gasteiger partial charge in [-0.05, 0) is 30.5 Å². The van der Waals surface area contributed by atoms with Gasteiger partial charge in [0.25, 0.3) is 0 Å². The Morgan fingerprint density at radius 2 is 2.07 bits per heavy atom. The van der Waals surface area contributed by atoms with Crippen LogP contribution in [0.25, 0.3) is 0 Å². The zero-order valence-corrected chi connectivity index (χ0v) is 8.92. The number of hydrogen-bond donors (Lipinski definition) is 1. The molecule has 14 heavy (non-hydrogen) atoms. The van der Waals surface area contributed by atoms with E-state index in [1.54, 1.807) is 13.0 Å². The van der Waals surface area contributed by atoms with Crippen LogP contribution in [0.2, 0.25) is 0 Å². The molecule has 0 heterocycles. The van der Waals surface area contributed by atoms with Gasteiger partial charge in [0.05, 0.1) is 5.60 Å². The summed E-state index contributed by atoms with van der Waals surface area (Å²) in [5.41, 5.74) is 0.0667. The predicted molar refractivity (Wildman–Crippen MR) is 55.6 cm³/mol. The molecule has 2 heteroatoms. The highest BCUT2D eigenvalue weighted by molar-refractivity contribution is 5.18. The third kappa shape index (κ3) is 2.81. The molecule has 1 aromatic carbocycles. The number of benzene rings is 1. The second-order valence-electron chi connectivity index (χ2n) is 4.32. The summed E-state index contributed by atoms with van der Waals surface area (Å²) >= 11 is 0. The lowest BCUT2D eigenvalue weighted by atomic mass is 9.86. The molecule has 1 unspecified atom stereocenters. The smallest absolute Gasteiger partial charge is 0.123 e. The molecule has 0 spiro atoms. The topological polar surface area (TPSA) is 20.2 Å². The van der Waals surface area contributed by atoms with Crippen molar-refractivity contribution in [1.82, 2.24) is 0 Å². The monoisotopic (exact) mass is 196 g/mol. The zero-order valence-electron chi connectivity index (χ0n) is 8.92. The van der Waals surface area contributed by atoms with Crippen LogP contribution in [0.1, 0.15) is 26.3 Å². The summed E-state index contributed by atoms with van der Waals surface area (Å²) < 4.78 is 12.9. The van der Waals surface area contributed by atoms with Crippen LogP contribution in [0.5, 0.6) is 0 Å². The van der Waals surface area contributed by atoms with Crippen LogP contribution in [0.15, 0.2) is 24.3 Å². The van der Waals surface area contributed by atoms with Crippen LogP contribution in [0.3, 0.4) is 0 Å². The first-order chi connectivity index (χ1) is 6.42. The van der Waals surface area contributed by atoms with Gasteiger partial charge in [-0.15, -0.1) is 0 Å². The summed E-state index contributed by atoms with van der Waals surface area (Å²) in [6.45, 7) is 5.70. The average Bonchev–Trinajstić information content (AvgIpc) is 2.02. The second kappa shape index (κ2) is 4.09. The van der Waals surface area contributed by atoms with Crippen molar-refractivity contribution in [2.75, 3.05) is 0 Å². The molecule has 1 rings (SSSR count). The maximum Gasteiger partial charge on any atom is 0.123 e. The molecule has 0 radical (unpaired) electrons. The first kappa shape index (κ1) is 11.2. The number of halogens is 1. The van der Waals surface area contributed by atoms with Gasteiger partial charge < -0.3 is 5.11 Å². The van der Waals surface area contributed by atoms with E-state index in [4.69, 9.17) is 0 Å². The fourth-order valence-electron chi connectivity index (χ4n) is 1.26. The van der Waals surface area contributed by atoms with Gasteiger partial charge in [0.1, 0.15) is 5.82 Å². The molecule has 0 bridgehead atoms. The van der Waals surface area contributed by atoms with Crippen LogP contribution < -0.4 is 0 Å². The van der Waals surface area contributed by atoms with Crippen molar-refractivity contribution < 1.29 is 9.50 Å². The van der Waals surface area contributed by atoms with Crippen molar-refractivity contribution in [3.05, 3.63) is 35.6 Å². The summed E-state index contributed by atoms with van der Waals surface area (Å²) in [5.74, 6) is -0.0900. The van der Waals surface area contributed by atoms with Crippen LogP contribution in [-0.4, -0.2) is 10.7 Å². The molecule has 0 amide bonds. The fraction of sp³-hybridized carbons (Fsp3) is 0.500. The van der Waals surface area contributed by atoms with E-state index in [2.05, 4.69) is 0 Å². The van der Waals surface area contributed by atoms with E-state index >= 15 is 0 Å². The van der Waals surface area contributed by atoms with Gasteiger partial charge in [-0.1, -0.05) is 26.0 Å². The molecule has 0 aliphatic rings. The molecular formula is C12H17FO. The summed E-state index contributed by atoms with van der Waals surface area (Å²) in [4.78, 5) is 0. The quantitative estimate of drug-likeness (QED) is 0.788. The van der Waals surface area contributed by atoms with Crippen LogP contribution in [0, 0.1) is 11.7 Å². The summed E-state index contributed by atoms with van der Waals surface area (Å²) in [7, 11) is 0. The lowest BCUT2D eigenvalue weighted by molar-refractivity contribution is 0.0139. The average molecular weight is 196 g/mol. The van der Waals surface area contributed by atoms with Crippen molar-refractivity contribution >= 4 is 0 Å². The highest BCUT2D eigenvalue weighted by Gasteiger charge is 2.24. The minimum atomic E-state index is -0.770. The van der Waals surface area contributed by atoms with Crippen molar-refractivity contribution in [2.45, 2.75) is 32.8 Å². The molecule has 1 N–H and O–H groups in total. The molecule has 0 aliphatic heterocycles. The lowest BCUT2D eigenvalue weighted by Gasteiger charge is -2.27. The van der Waals surface area contributed by atoms with E-state index in [9.17, 15) is 9.50 Å². The third-order valence-electron chi connectivity index (χ3n) is 2.69. The highest BCUT2D eigenvalue weighted by Crippen LogP contribution is 2.21. The normalized spacial score (nSPS) is 15.6. The Morgan fingerprint density at radius 3 is 2.57 bits per heavy atom. The molecule has 0 saturated carbocycles. The van der Waals surface area contributed by atoms with Crippen molar-refractivity contribution in [2.24, 2.45) is 5.92 Å². The van der Waals surface area contributed by atoms with E-state index in [-0.39, 0.29) is 11.7 Å². The van der Waals surface area contributed by atoms with Crippen LogP contribution in [0.4, 0.5) is 4.39 Å². The van der Waals surface area contributed by atoms with E-state index in [0.717, 1.165) is 5.56 Å². The minimum absolute atomic E-state index is 0.158. The summed E-state index contributed by atoms with van der Waals surface area (Å²) in [6.07, 6.45) is 0.489. The Labute approximate surface area is 84.6 Å².